The molecule has 0 saturated carbocycles. The molecule has 0 bridgehead atoms. The van der Waals surface area contributed by atoms with Gasteiger partial charge in [-0.15, -0.1) is 0 Å². The van der Waals surface area contributed by atoms with Gasteiger partial charge in [-0.25, -0.2) is 0 Å². The smallest absolute Gasteiger partial charge is 1.00 e. The number of hydrogen-bond acceptors (Lipinski definition) is 0. The van der Waals surface area contributed by atoms with Crippen molar-refractivity contribution >= 4 is 3.87 Å². The van der Waals surface area contributed by atoms with Crippen molar-refractivity contribution in [3.05, 3.63) is 89.0 Å². The molecule has 0 atom stereocenters. The molecule has 0 aromatic heterocycles. The van der Waals surface area contributed by atoms with Gasteiger partial charge in [0.1, 0.15) is 0 Å². The summed E-state index contributed by atoms with van der Waals surface area (Å²) in [6.45, 7) is 9.36. The molecular formula is C25H26Cl2Ti. The molecule has 1 aliphatic rings. The zero-order valence-corrected chi connectivity index (χ0v) is 19.9. The van der Waals surface area contributed by atoms with Crippen molar-refractivity contribution in [2.45, 2.75) is 43.8 Å². The Morgan fingerprint density at radius 3 is 1.46 bits per heavy atom. The van der Waals surface area contributed by atoms with Crippen molar-refractivity contribution in [2.75, 3.05) is 0 Å². The first-order chi connectivity index (χ1) is 12.6. The molecule has 3 heteroatoms. The predicted octanol–water partition coefficient (Wildman–Crippen LogP) is 0.419. The minimum absolute atomic E-state index is 0. The normalized spacial score (nSPS) is 12.1. The Bertz CT molecular complexity index is 875. The van der Waals surface area contributed by atoms with Crippen molar-refractivity contribution < 1.29 is 44.0 Å². The standard InChI is InChI=1S/C13H9.C12H17.2ClH.Ti/c1-3-7-12-10(5-1)9-11-6-2-4-8-13(11)12;1-9(2)11-6-5-7-12(8-11)10(3)4;;;/h1-9H;5-7,9-10H,1-4H3;2*1H;/q;;;;+2/p-2. The third kappa shape index (κ3) is 4.12. The Kier molecular flexibility index (Phi) is 8.00. The number of hydrogen-bond donors (Lipinski definition) is 0. The van der Waals surface area contributed by atoms with Gasteiger partial charge in [0.15, 0.2) is 0 Å². The summed E-state index contributed by atoms with van der Waals surface area (Å²) >= 11 is -0.337. The van der Waals surface area contributed by atoms with Crippen LogP contribution in [0.1, 0.15) is 66.0 Å². The quantitative estimate of drug-likeness (QED) is 0.511. The number of fused-ring (bicyclic) bond motifs is 3. The van der Waals surface area contributed by atoms with Crippen LogP contribution in [0.5, 0.6) is 0 Å². The maximum absolute atomic E-state index is 2.36. The molecule has 0 radical (unpaired) electrons. The molecule has 0 heterocycles. The van der Waals surface area contributed by atoms with Crippen molar-refractivity contribution in [1.82, 2.24) is 0 Å². The number of benzene rings is 3. The average Bonchev–Trinajstić information content (AvgIpc) is 2.96. The predicted molar refractivity (Wildman–Crippen MR) is 108 cm³/mol. The molecule has 0 spiro atoms. The zero-order chi connectivity index (χ0) is 18.3. The van der Waals surface area contributed by atoms with Crippen LogP contribution >= 0.6 is 0 Å². The van der Waals surface area contributed by atoms with E-state index in [4.69, 9.17) is 0 Å². The fourth-order valence-corrected chi connectivity index (χ4v) is 7.58. The van der Waals surface area contributed by atoms with Crippen molar-refractivity contribution in [1.29, 1.82) is 0 Å². The van der Waals surface area contributed by atoms with E-state index in [1.807, 2.05) is 0 Å². The summed E-state index contributed by atoms with van der Waals surface area (Å²) in [4.78, 5) is 0. The molecule has 1 aliphatic carbocycles. The van der Waals surface area contributed by atoms with E-state index < -0.39 is 0 Å². The van der Waals surface area contributed by atoms with Crippen LogP contribution in [-0.4, -0.2) is 0 Å². The van der Waals surface area contributed by atoms with Crippen LogP contribution in [0.25, 0.3) is 11.1 Å². The molecule has 0 nitrogen and oxygen atoms in total. The summed E-state index contributed by atoms with van der Waals surface area (Å²) in [5.41, 5.74) is 9.12. The topological polar surface area (TPSA) is 0 Å². The van der Waals surface area contributed by atoms with Gasteiger partial charge in [-0.3, -0.25) is 0 Å². The fourth-order valence-electron chi connectivity index (χ4n) is 4.17. The SMILES string of the molecule is CC(C)c1cccc(C(C)C)[c]1[Ti+2][CH]1c2ccccc2-c2ccccc21.[Cl-].[Cl-]. The van der Waals surface area contributed by atoms with Gasteiger partial charge in [0.25, 0.3) is 0 Å². The first-order valence-electron chi connectivity index (χ1n) is 9.65. The van der Waals surface area contributed by atoms with Gasteiger partial charge in [-0.05, 0) is 0 Å². The number of rotatable bonds is 4. The summed E-state index contributed by atoms with van der Waals surface area (Å²) in [5, 5.41) is 0. The van der Waals surface area contributed by atoms with E-state index in [0.717, 1.165) is 0 Å². The average molecular weight is 445 g/mol. The van der Waals surface area contributed by atoms with Crippen LogP contribution in [0.15, 0.2) is 66.7 Å². The molecular weight excluding hydrogens is 419 g/mol. The molecule has 3 aromatic carbocycles. The Balaban J connectivity index is 0.00000140. The van der Waals surface area contributed by atoms with E-state index in [1.165, 1.54) is 11.1 Å². The molecule has 0 fully saturated rings. The van der Waals surface area contributed by atoms with E-state index in [9.17, 15) is 0 Å². The monoisotopic (exact) mass is 444 g/mol. The van der Waals surface area contributed by atoms with Gasteiger partial charge < -0.3 is 24.8 Å². The van der Waals surface area contributed by atoms with Gasteiger partial charge in [-0.1, -0.05) is 0 Å². The largest absolute Gasteiger partial charge is 1.00 e. The first-order valence-corrected chi connectivity index (χ1v) is 11.3. The van der Waals surface area contributed by atoms with Crippen molar-refractivity contribution in [3.63, 3.8) is 0 Å². The Labute approximate surface area is 190 Å². The summed E-state index contributed by atoms with van der Waals surface area (Å²) in [7, 11) is 0. The van der Waals surface area contributed by atoms with Crippen LogP contribution in [-0.2, 0) is 19.2 Å². The molecule has 0 saturated heterocycles. The Hall–Kier alpha value is -1.05. The first kappa shape index (κ1) is 23.2. The molecule has 0 N–H and O–H groups in total. The van der Waals surface area contributed by atoms with Crippen LogP contribution in [0.3, 0.4) is 0 Å². The third-order valence-corrected chi connectivity index (χ3v) is 8.27. The van der Waals surface area contributed by atoms with Crippen LogP contribution in [0.4, 0.5) is 0 Å². The summed E-state index contributed by atoms with van der Waals surface area (Å²) in [6.07, 6.45) is 0. The van der Waals surface area contributed by atoms with Gasteiger partial charge >= 0.3 is 167 Å². The summed E-state index contributed by atoms with van der Waals surface area (Å²) in [5.74, 6) is 1.17. The van der Waals surface area contributed by atoms with E-state index in [2.05, 4.69) is 94.4 Å². The van der Waals surface area contributed by atoms with E-state index >= 15 is 0 Å². The molecule has 4 rings (SSSR count). The summed E-state index contributed by atoms with van der Waals surface area (Å²) in [6, 6.07) is 25.1. The van der Waals surface area contributed by atoms with Gasteiger partial charge in [-0.2, -0.15) is 0 Å². The second-order valence-electron chi connectivity index (χ2n) is 7.87. The van der Waals surface area contributed by atoms with Crippen molar-refractivity contribution in [2.24, 2.45) is 0 Å². The molecule has 0 amide bonds. The van der Waals surface area contributed by atoms with Gasteiger partial charge in [0.2, 0.25) is 0 Å². The minimum atomic E-state index is -0.337. The van der Waals surface area contributed by atoms with Crippen LogP contribution in [0, 0.1) is 0 Å². The third-order valence-electron chi connectivity index (χ3n) is 5.50. The zero-order valence-electron chi connectivity index (χ0n) is 16.8. The maximum atomic E-state index is 2.36. The molecule has 144 valence electrons. The van der Waals surface area contributed by atoms with Gasteiger partial charge in [0.05, 0.1) is 0 Å². The van der Waals surface area contributed by atoms with Crippen LogP contribution in [0.2, 0.25) is 0 Å². The fraction of sp³-hybridized carbons (Fsp3) is 0.280. The van der Waals surface area contributed by atoms with E-state index in [0.29, 0.717) is 16.1 Å². The van der Waals surface area contributed by atoms with E-state index in [-0.39, 0.29) is 44.0 Å². The van der Waals surface area contributed by atoms with Crippen LogP contribution < -0.4 is 28.7 Å². The van der Waals surface area contributed by atoms with Crippen molar-refractivity contribution in [3.8, 4) is 11.1 Å². The molecule has 3 aromatic rings. The maximum Gasteiger partial charge on any atom is -1.00 e. The molecule has 28 heavy (non-hydrogen) atoms. The Morgan fingerprint density at radius 1 is 0.607 bits per heavy atom. The van der Waals surface area contributed by atoms with E-state index in [1.54, 1.807) is 26.1 Å². The summed E-state index contributed by atoms with van der Waals surface area (Å²) < 4.78 is 2.27. The minimum Gasteiger partial charge on any atom is -1.00 e. The second kappa shape index (κ2) is 9.64. The Morgan fingerprint density at radius 2 is 1.04 bits per heavy atom. The van der Waals surface area contributed by atoms with Gasteiger partial charge in [0, 0.05) is 0 Å². The number of halogens is 2. The second-order valence-corrected chi connectivity index (χ2v) is 10.0. The molecule has 0 unspecified atom stereocenters. The molecule has 0 aliphatic heterocycles.